The van der Waals surface area contributed by atoms with Gasteiger partial charge in [0.2, 0.25) is 0 Å². The Hall–Kier alpha value is -0.570. The minimum Gasteiger partial charge on any atom is -0.312 e. The van der Waals surface area contributed by atoms with Gasteiger partial charge in [0.15, 0.2) is 0 Å². The van der Waals surface area contributed by atoms with Crippen LogP contribution in [0.2, 0.25) is 5.02 Å². The van der Waals surface area contributed by atoms with Gasteiger partial charge >= 0.3 is 0 Å². The summed E-state index contributed by atoms with van der Waals surface area (Å²) in [6.07, 6.45) is 2.05. The van der Waals surface area contributed by atoms with Crippen molar-refractivity contribution in [1.82, 2.24) is 10.2 Å². The molecule has 0 aromatic heterocycles. The van der Waals surface area contributed by atoms with E-state index in [4.69, 9.17) is 11.6 Å². The molecule has 2 atom stereocenters. The predicted molar refractivity (Wildman–Crippen MR) is 89.7 cm³/mol. The van der Waals surface area contributed by atoms with Crippen LogP contribution in [0.1, 0.15) is 38.3 Å². The molecule has 20 heavy (non-hydrogen) atoms. The highest BCUT2D eigenvalue weighted by Gasteiger charge is 2.34. The number of nitrogens with zero attached hydrogens (tertiary/aromatic N) is 1. The van der Waals surface area contributed by atoms with Gasteiger partial charge in [-0.05, 0) is 64.5 Å². The number of nitrogens with one attached hydrogen (secondary N) is 1. The summed E-state index contributed by atoms with van der Waals surface area (Å²) in [5.41, 5.74) is 2.55. The van der Waals surface area contributed by atoms with Gasteiger partial charge in [-0.15, -0.1) is 0 Å². The molecule has 0 spiro atoms. The van der Waals surface area contributed by atoms with Crippen molar-refractivity contribution in [1.29, 1.82) is 0 Å². The molecule has 0 heterocycles. The summed E-state index contributed by atoms with van der Waals surface area (Å²) in [5.74, 6) is 0. The van der Waals surface area contributed by atoms with E-state index in [0.29, 0.717) is 6.04 Å². The van der Waals surface area contributed by atoms with Gasteiger partial charge in [-0.3, -0.25) is 0 Å². The van der Waals surface area contributed by atoms with E-state index >= 15 is 0 Å². The van der Waals surface area contributed by atoms with E-state index < -0.39 is 0 Å². The third kappa shape index (κ3) is 3.97. The zero-order chi connectivity index (χ0) is 15.3. The fraction of sp³-hybridized carbons (Fsp3) is 0.647. The van der Waals surface area contributed by atoms with Gasteiger partial charge in [-0.25, -0.2) is 0 Å². The molecule has 0 amide bonds. The van der Waals surface area contributed by atoms with Gasteiger partial charge in [0.1, 0.15) is 0 Å². The smallest absolute Gasteiger partial charge is 0.0441 e. The summed E-state index contributed by atoms with van der Waals surface area (Å²) in [5, 5.41) is 4.53. The molecule has 0 aliphatic carbocycles. The molecule has 0 aliphatic heterocycles. The predicted octanol–water partition coefficient (Wildman–Crippen LogP) is 3.90. The zero-order valence-electron chi connectivity index (χ0n) is 13.8. The van der Waals surface area contributed by atoms with Crippen molar-refractivity contribution in [2.24, 2.45) is 0 Å². The molecule has 0 bridgehead atoms. The van der Waals surface area contributed by atoms with Crippen LogP contribution in [0.5, 0.6) is 0 Å². The molecule has 0 aliphatic rings. The number of hydrogen-bond donors (Lipinski definition) is 1. The highest BCUT2D eigenvalue weighted by Crippen LogP contribution is 2.27. The van der Waals surface area contributed by atoms with Crippen LogP contribution < -0.4 is 5.32 Å². The Morgan fingerprint density at radius 1 is 1.30 bits per heavy atom. The Balaban J connectivity index is 3.02. The van der Waals surface area contributed by atoms with Crippen LogP contribution >= 0.6 is 11.6 Å². The summed E-state index contributed by atoms with van der Waals surface area (Å²) in [6, 6.07) is 6.74. The van der Waals surface area contributed by atoms with Crippen LogP contribution in [-0.2, 0) is 6.42 Å². The molecule has 1 aromatic carbocycles. The minimum absolute atomic E-state index is 0.115. The lowest BCUT2D eigenvalue weighted by Crippen LogP contribution is -2.57. The summed E-state index contributed by atoms with van der Waals surface area (Å²) < 4.78 is 0. The topological polar surface area (TPSA) is 15.3 Å². The van der Waals surface area contributed by atoms with Crippen molar-refractivity contribution in [2.75, 3.05) is 20.6 Å². The Kier molecular flexibility index (Phi) is 6.50. The minimum atomic E-state index is 0.115. The van der Waals surface area contributed by atoms with Crippen molar-refractivity contribution in [3.8, 4) is 0 Å². The van der Waals surface area contributed by atoms with Crippen molar-refractivity contribution >= 4 is 11.6 Å². The maximum Gasteiger partial charge on any atom is 0.0441 e. The molecule has 0 fully saturated rings. The van der Waals surface area contributed by atoms with Crippen LogP contribution in [-0.4, -0.2) is 37.1 Å². The number of benzene rings is 1. The average Bonchev–Trinajstić information content (AvgIpc) is 2.39. The van der Waals surface area contributed by atoms with Crippen molar-refractivity contribution in [2.45, 2.75) is 52.1 Å². The first-order chi connectivity index (χ1) is 9.35. The first kappa shape index (κ1) is 17.5. The molecule has 1 aromatic rings. The molecule has 3 heteroatoms. The van der Waals surface area contributed by atoms with Gasteiger partial charge in [0.25, 0.3) is 0 Å². The van der Waals surface area contributed by atoms with E-state index in [1.807, 2.05) is 0 Å². The highest BCUT2D eigenvalue weighted by molar-refractivity contribution is 6.31. The lowest BCUT2D eigenvalue weighted by molar-refractivity contribution is 0.113. The van der Waals surface area contributed by atoms with Gasteiger partial charge < -0.3 is 10.2 Å². The highest BCUT2D eigenvalue weighted by atomic mass is 35.5. The van der Waals surface area contributed by atoms with Crippen LogP contribution in [0.25, 0.3) is 0 Å². The van der Waals surface area contributed by atoms with Crippen LogP contribution in [0, 0.1) is 6.92 Å². The Morgan fingerprint density at radius 3 is 2.40 bits per heavy atom. The van der Waals surface area contributed by atoms with Crippen LogP contribution in [0.4, 0.5) is 0 Å². The second-order valence-corrected chi connectivity index (χ2v) is 6.42. The van der Waals surface area contributed by atoms with Crippen molar-refractivity contribution in [3.63, 3.8) is 0 Å². The Bertz CT molecular complexity index is 431. The second-order valence-electron chi connectivity index (χ2n) is 6.01. The maximum absolute atomic E-state index is 6.41. The number of likely N-dealkylation sites (N-methyl/N-ethyl adjacent to an activating group) is 2. The SMILES string of the molecule is CCNC(Cc1ccc(C)cc1Cl)C(C)(CC)N(C)C. The number of aryl methyl sites for hydroxylation is 1. The normalized spacial score (nSPS) is 16.2. The van der Waals surface area contributed by atoms with Gasteiger partial charge in [-0.2, -0.15) is 0 Å². The second kappa shape index (κ2) is 7.44. The standard InChI is InChI=1S/C17H29ClN2/c1-7-17(4,20(5)6)16(19-8-2)12-14-10-9-13(3)11-15(14)18/h9-11,16,19H,7-8,12H2,1-6H3. The van der Waals surface area contributed by atoms with E-state index in [-0.39, 0.29) is 5.54 Å². The molecule has 0 saturated carbocycles. The first-order valence-corrected chi connectivity index (χ1v) is 7.88. The number of rotatable bonds is 7. The molecule has 2 nitrogen and oxygen atoms in total. The van der Waals surface area contributed by atoms with Gasteiger partial charge in [0, 0.05) is 16.6 Å². The average molecular weight is 297 g/mol. The molecular formula is C17H29ClN2. The number of halogens is 1. The summed E-state index contributed by atoms with van der Waals surface area (Å²) in [4.78, 5) is 2.32. The van der Waals surface area contributed by atoms with E-state index in [1.165, 1.54) is 11.1 Å². The lowest BCUT2D eigenvalue weighted by atomic mass is 9.84. The van der Waals surface area contributed by atoms with E-state index in [2.05, 4.69) is 70.2 Å². The number of hydrogen-bond acceptors (Lipinski definition) is 2. The summed E-state index contributed by atoms with van der Waals surface area (Å²) in [7, 11) is 4.31. The first-order valence-electron chi connectivity index (χ1n) is 7.51. The van der Waals surface area contributed by atoms with Gasteiger partial charge in [-0.1, -0.05) is 37.6 Å². The quantitative estimate of drug-likeness (QED) is 0.821. The third-order valence-electron chi connectivity index (χ3n) is 4.57. The van der Waals surface area contributed by atoms with Crippen molar-refractivity contribution < 1.29 is 0 Å². The zero-order valence-corrected chi connectivity index (χ0v) is 14.5. The summed E-state index contributed by atoms with van der Waals surface area (Å²) in [6.45, 7) is 9.78. The molecule has 1 rings (SSSR count). The molecule has 2 unspecified atom stereocenters. The molecule has 0 saturated heterocycles. The Morgan fingerprint density at radius 2 is 1.95 bits per heavy atom. The third-order valence-corrected chi connectivity index (χ3v) is 4.92. The van der Waals surface area contributed by atoms with Gasteiger partial charge in [0.05, 0.1) is 0 Å². The monoisotopic (exact) mass is 296 g/mol. The summed E-state index contributed by atoms with van der Waals surface area (Å²) >= 11 is 6.41. The molecule has 114 valence electrons. The van der Waals surface area contributed by atoms with E-state index in [0.717, 1.165) is 24.4 Å². The fourth-order valence-electron chi connectivity index (χ4n) is 2.67. The van der Waals surface area contributed by atoms with E-state index in [9.17, 15) is 0 Å². The van der Waals surface area contributed by atoms with E-state index in [1.54, 1.807) is 0 Å². The fourth-order valence-corrected chi connectivity index (χ4v) is 2.98. The largest absolute Gasteiger partial charge is 0.312 e. The Labute approximate surface area is 129 Å². The molecule has 1 N–H and O–H groups in total. The van der Waals surface area contributed by atoms with Crippen molar-refractivity contribution in [3.05, 3.63) is 34.3 Å². The molecule has 0 radical (unpaired) electrons. The maximum atomic E-state index is 6.41. The lowest BCUT2D eigenvalue weighted by Gasteiger charge is -2.43. The van der Waals surface area contributed by atoms with Crippen LogP contribution in [0.3, 0.4) is 0 Å². The van der Waals surface area contributed by atoms with Crippen LogP contribution in [0.15, 0.2) is 18.2 Å². The molecular weight excluding hydrogens is 268 g/mol.